The smallest absolute Gasteiger partial charge is 0.323 e. The van der Waals surface area contributed by atoms with Gasteiger partial charge < -0.3 is 21.3 Å². The lowest BCUT2D eigenvalue weighted by Crippen LogP contribution is -2.42. The fourth-order valence-corrected chi connectivity index (χ4v) is 5.58. The standard InChI is InChI=1S/C27H26N8O2/c1-2-22(36)34-14-16-12-20(34)21(13-16)35-26-23(25(28)29-15-30-26)24(33-35)17-8-10-19(11-9-17)32-27(37)31-18-6-4-3-5-7-18/h2-11,15-16,20-21H,1,12-14H2,(H2,28,29,30)(H2,31,32,37). The third-order valence-electron chi connectivity index (χ3n) is 7.19. The van der Waals surface area contributed by atoms with Gasteiger partial charge >= 0.3 is 6.03 Å². The van der Waals surface area contributed by atoms with Gasteiger partial charge in [-0.25, -0.2) is 19.4 Å². The molecule has 37 heavy (non-hydrogen) atoms. The molecule has 0 radical (unpaired) electrons. The molecule has 2 fully saturated rings. The molecular weight excluding hydrogens is 468 g/mol. The van der Waals surface area contributed by atoms with Crippen LogP contribution in [0.2, 0.25) is 0 Å². The average Bonchev–Trinajstić information content (AvgIpc) is 3.62. The summed E-state index contributed by atoms with van der Waals surface area (Å²) in [6.45, 7) is 4.41. The second-order valence-electron chi connectivity index (χ2n) is 9.44. The summed E-state index contributed by atoms with van der Waals surface area (Å²) in [5, 5.41) is 11.3. The maximum atomic E-state index is 12.4. The molecule has 2 aromatic carbocycles. The van der Waals surface area contributed by atoms with E-state index in [-0.39, 0.29) is 24.0 Å². The molecule has 186 valence electrons. The molecule has 3 amide bonds. The van der Waals surface area contributed by atoms with Crippen molar-refractivity contribution >= 4 is 40.2 Å². The van der Waals surface area contributed by atoms with Gasteiger partial charge in [0.1, 0.15) is 17.8 Å². The predicted octanol–water partition coefficient (Wildman–Crippen LogP) is 4.07. The number of benzene rings is 2. The summed E-state index contributed by atoms with van der Waals surface area (Å²) >= 11 is 0. The lowest BCUT2D eigenvalue weighted by atomic mass is 10.1. The van der Waals surface area contributed by atoms with Crippen molar-refractivity contribution in [3.05, 3.63) is 73.6 Å². The van der Waals surface area contributed by atoms with Gasteiger partial charge in [-0.15, -0.1) is 0 Å². The van der Waals surface area contributed by atoms with Crippen molar-refractivity contribution in [3.8, 4) is 11.3 Å². The number of para-hydroxylation sites is 1. The molecule has 1 aliphatic heterocycles. The second kappa shape index (κ2) is 9.05. The zero-order chi connectivity index (χ0) is 25.5. The van der Waals surface area contributed by atoms with E-state index in [9.17, 15) is 9.59 Å². The quantitative estimate of drug-likeness (QED) is 0.359. The van der Waals surface area contributed by atoms with Crippen molar-refractivity contribution in [2.45, 2.75) is 24.9 Å². The summed E-state index contributed by atoms with van der Waals surface area (Å²) < 4.78 is 1.91. The number of fused-ring (bicyclic) bond motifs is 3. The minimum absolute atomic E-state index is 0.00387. The van der Waals surface area contributed by atoms with E-state index >= 15 is 0 Å². The van der Waals surface area contributed by atoms with E-state index in [2.05, 4.69) is 27.2 Å². The van der Waals surface area contributed by atoms with Crippen molar-refractivity contribution in [1.29, 1.82) is 0 Å². The fraction of sp³-hybridized carbons (Fsp3) is 0.222. The van der Waals surface area contributed by atoms with Gasteiger partial charge in [0.2, 0.25) is 5.91 Å². The number of amides is 3. The van der Waals surface area contributed by atoms with E-state index in [1.54, 1.807) is 0 Å². The Hall–Kier alpha value is -4.73. The number of urea groups is 1. The van der Waals surface area contributed by atoms with E-state index in [0.717, 1.165) is 24.9 Å². The maximum absolute atomic E-state index is 12.4. The van der Waals surface area contributed by atoms with Crippen LogP contribution in [-0.2, 0) is 4.79 Å². The van der Waals surface area contributed by atoms with Crippen LogP contribution >= 0.6 is 0 Å². The molecule has 2 aromatic heterocycles. The van der Waals surface area contributed by atoms with Gasteiger partial charge in [0.05, 0.1) is 17.5 Å². The van der Waals surface area contributed by atoms with Crippen LogP contribution in [0, 0.1) is 5.92 Å². The van der Waals surface area contributed by atoms with E-state index in [1.807, 2.05) is 64.2 Å². The molecular formula is C27H26N8O2. The first kappa shape index (κ1) is 22.7. The molecule has 6 rings (SSSR count). The number of nitrogens with two attached hydrogens (primary N) is 1. The lowest BCUT2D eigenvalue weighted by molar-refractivity contribution is -0.128. The van der Waals surface area contributed by atoms with Crippen molar-refractivity contribution in [3.63, 3.8) is 0 Å². The Morgan fingerprint density at radius 1 is 0.973 bits per heavy atom. The molecule has 4 aromatic rings. The molecule has 3 unspecified atom stereocenters. The highest BCUT2D eigenvalue weighted by molar-refractivity contribution is 6.01. The minimum Gasteiger partial charge on any atom is -0.383 e. The highest BCUT2D eigenvalue weighted by Crippen LogP contribution is 2.46. The van der Waals surface area contributed by atoms with Crippen LogP contribution < -0.4 is 16.4 Å². The summed E-state index contributed by atoms with van der Waals surface area (Å²) in [6, 6.07) is 16.3. The number of carbonyl (C=O) groups excluding carboxylic acids is 2. The third-order valence-corrected chi connectivity index (χ3v) is 7.19. The normalized spacial score (nSPS) is 20.2. The first-order chi connectivity index (χ1) is 18.0. The van der Waals surface area contributed by atoms with Gasteiger partial charge in [0.25, 0.3) is 0 Å². The predicted molar refractivity (Wildman–Crippen MR) is 142 cm³/mol. The van der Waals surface area contributed by atoms with Crippen LogP contribution in [0.25, 0.3) is 22.3 Å². The van der Waals surface area contributed by atoms with Crippen molar-refractivity contribution in [1.82, 2.24) is 24.6 Å². The van der Waals surface area contributed by atoms with Gasteiger partial charge in [0.15, 0.2) is 5.65 Å². The van der Waals surface area contributed by atoms with Crippen molar-refractivity contribution in [2.24, 2.45) is 5.92 Å². The molecule has 10 heteroatoms. The number of likely N-dealkylation sites (tertiary alicyclic amines) is 1. The first-order valence-electron chi connectivity index (χ1n) is 12.2. The van der Waals surface area contributed by atoms with E-state index in [1.165, 1.54) is 12.4 Å². The van der Waals surface area contributed by atoms with Gasteiger partial charge in [-0.05, 0) is 49.1 Å². The molecule has 4 N–H and O–H groups in total. The van der Waals surface area contributed by atoms with Crippen LogP contribution in [0.1, 0.15) is 18.9 Å². The fourth-order valence-electron chi connectivity index (χ4n) is 5.58. The lowest BCUT2D eigenvalue weighted by Gasteiger charge is -2.32. The number of anilines is 3. The number of nitrogen functional groups attached to an aromatic ring is 1. The maximum Gasteiger partial charge on any atom is 0.323 e. The topological polar surface area (TPSA) is 131 Å². The molecule has 10 nitrogen and oxygen atoms in total. The molecule has 1 saturated carbocycles. The monoisotopic (exact) mass is 494 g/mol. The number of aromatic nitrogens is 4. The first-order valence-corrected chi connectivity index (χ1v) is 12.2. The van der Waals surface area contributed by atoms with Crippen LogP contribution in [0.15, 0.2) is 73.6 Å². The molecule has 3 atom stereocenters. The van der Waals surface area contributed by atoms with Gasteiger partial charge in [-0.3, -0.25) is 4.79 Å². The van der Waals surface area contributed by atoms with Crippen LogP contribution in [0.4, 0.5) is 22.0 Å². The summed E-state index contributed by atoms with van der Waals surface area (Å²) in [5.41, 5.74) is 9.78. The molecule has 0 spiro atoms. The van der Waals surface area contributed by atoms with E-state index in [4.69, 9.17) is 10.8 Å². The Morgan fingerprint density at radius 3 is 2.38 bits per heavy atom. The Balaban J connectivity index is 1.29. The number of carbonyl (C=O) groups is 2. The zero-order valence-electron chi connectivity index (χ0n) is 20.0. The van der Waals surface area contributed by atoms with E-state index < -0.39 is 0 Å². The van der Waals surface area contributed by atoms with Crippen LogP contribution in [0.3, 0.4) is 0 Å². The molecule has 1 aliphatic carbocycles. The number of nitrogens with zero attached hydrogens (tertiary/aromatic N) is 5. The Morgan fingerprint density at radius 2 is 1.68 bits per heavy atom. The largest absolute Gasteiger partial charge is 0.383 e. The molecule has 2 bridgehead atoms. The minimum atomic E-state index is -0.332. The summed E-state index contributed by atoms with van der Waals surface area (Å²) in [6.07, 6.45) is 4.68. The Labute approximate surface area is 213 Å². The summed E-state index contributed by atoms with van der Waals surface area (Å²) in [4.78, 5) is 35.4. The number of nitrogens with one attached hydrogen (secondary N) is 2. The summed E-state index contributed by atoms with van der Waals surface area (Å²) in [5.74, 6) is 0.716. The third kappa shape index (κ3) is 4.06. The summed E-state index contributed by atoms with van der Waals surface area (Å²) in [7, 11) is 0. The van der Waals surface area contributed by atoms with Gasteiger partial charge in [-0.1, -0.05) is 36.9 Å². The van der Waals surface area contributed by atoms with Gasteiger partial charge in [0, 0.05) is 23.5 Å². The van der Waals surface area contributed by atoms with Crippen molar-refractivity contribution in [2.75, 3.05) is 22.9 Å². The zero-order valence-corrected chi connectivity index (χ0v) is 20.0. The number of hydrogen-bond acceptors (Lipinski definition) is 6. The molecule has 3 heterocycles. The average molecular weight is 495 g/mol. The van der Waals surface area contributed by atoms with Crippen LogP contribution in [-0.4, -0.2) is 49.2 Å². The van der Waals surface area contributed by atoms with E-state index in [0.29, 0.717) is 39.8 Å². The Kier molecular flexibility index (Phi) is 5.56. The molecule has 1 saturated heterocycles. The highest BCUT2D eigenvalue weighted by atomic mass is 16.2. The van der Waals surface area contributed by atoms with Gasteiger partial charge in [-0.2, -0.15) is 5.10 Å². The van der Waals surface area contributed by atoms with Crippen molar-refractivity contribution < 1.29 is 9.59 Å². The number of hydrogen-bond donors (Lipinski definition) is 3. The van der Waals surface area contributed by atoms with Crippen LogP contribution in [0.5, 0.6) is 0 Å². The second-order valence-corrected chi connectivity index (χ2v) is 9.44. The SMILES string of the molecule is C=CC(=O)N1CC2CC1C(n1nc(-c3ccc(NC(=O)Nc4ccccc4)cc3)c3c(N)ncnc31)C2. The number of piperidine rings is 1. The molecule has 2 aliphatic rings. The Bertz CT molecular complexity index is 1500. The number of rotatable bonds is 5. The highest BCUT2D eigenvalue weighted by Gasteiger charge is 2.48.